The number of nitrogens with zero attached hydrogens (tertiary/aromatic N) is 2. The molecule has 2 atom stereocenters. The molecule has 2 aliphatic rings. The van der Waals surface area contributed by atoms with Crippen LogP contribution in [0.1, 0.15) is 37.1 Å². The van der Waals surface area contributed by atoms with E-state index >= 15 is 0 Å². The summed E-state index contributed by atoms with van der Waals surface area (Å²) >= 11 is 0. The summed E-state index contributed by atoms with van der Waals surface area (Å²) < 4.78 is 5.77. The van der Waals surface area contributed by atoms with Gasteiger partial charge < -0.3 is 20.0 Å². The molecule has 1 aliphatic carbocycles. The van der Waals surface area contributed by atoms with Crippen molar-refractivity contribution >= 4 is 5.91 Å². The first kappa shape index (κ1) is 19.2. The summed E-state index contributed by atoms with van der Waals surface area (Å²) in [5.41, 5.74) is 1.65. The molecule has 6 heteroatoms. The molecule has 1 aromatic heterocycles. The highest BCUT2D eigenvalue weighted by atomic mass is 16.4. The first-order valence-electron chi connectivity index (χ1n) is 10.3. The number of rotatable bonds is 6. The van der Waals surface area contributed by atoms with Crippen molar-refractivity contribution in [1.82, 2.24) is 20.5 Å². The number of oxazole rings is 1. The molecule has 0 unspecified atom stereocenters. The van der Waals surface area contributed by atoms with Gasteiger partial charge in [-0.05, 0) is 64.9 Å². The maximum atomic E-state index is 12.6. The molecule has 28 heavy (non-hydrogen) atoms. The van der Waals surface area contributed by atoms with Crippen LogP contribution in [0.3, 0.4) is 0 Å². The summed E-state index contributed by atoms with van der Waals surface area (Å²) in [6, 6.07) is 11.0. The van der Waals surface area contributed by atoms with Gasteiger partial charge in [-0.1, -0.05) is 18.2 Å². The number of aryl methyl sites for hydroxylation is 1. The lowest BCUT2D eigenvalue weighted by molar-refractivity contribution is -0.122. The van der Waals surface area contributed by atoms with Gasteiger partial charge in [0.15, 0.2) is 0 Å². The van der Waals surface area contributed by atoms with Crippen molar-refractivity contribution < 1.29 is 9.21 Å². The Labute approximate surface area is 166 Å². The van der Waals surface area contributed by atoms with Crippen molar-refractivity contribution in [2.75, 3.05) is 20.1 Å². The number of carbonyl (C=O) groups is 1. The molecule has 0 spiro atoms. The molecule has 1 aromatic carbocycles. The van der Waals surface area contributed by atoms with Crippen LogP contribution in [-0.4, -0.2) is 54.1 Å². The highest BCUT2D eigenvalue weighted by Crippen LogP contribution is 2.24. The van der Waals surface area contributed by atoms with Crippen molar-refractivity contribution in [2.24, 2.45) is 0 Å². The predicted molar refractivity (Wildman–Crippen MR) is 109 cm³/mol. The molecule has 2 fully saturated rings. The Kier molecular flexibility index (Phi) is 5.78. The second kappa shape index (κ2) is 8.45. The molecule has 2 heterocycles. The standard InChI is InChI=1S/C22H30N4O2/c1-15-20(25-22(28-15)16-6-4-3-5-7-16)14-21(27)24-19-9-8-18(19)23-17-10-12-26(2)13-11-17/h3-7,17-19,23H,8-14H2,1-2H3,(H,24,27)/t18-,19+/m1/s1. The number of piperidine rings is 1. The fraction of sp³-hybridized carbons (Fsp3) is 0.545. The van der Waals surface area contributed by atoms with Crippen LogP contribution in [0.15, 0.2) is 34.7 Å². The number of benzene rings is 1. The van der Waals surface area contributed by atoms with Gasteiger partial charge >= 0.3 is 0 Å². The maximum Gasteiger partial charge on any atom is 0.226 e. The molecule has 0 radical (unpaired) electrons. The minimum absolute atomic E-state index is 0.0240. The molecule has 0 bridgehead atoms. The number of carbonyl (C=O) groups excluding carboxylic acids is 1. The number of likely N-dealkylation sites (tertiary alicyclic amines) is 1. The fourth-order valence-corrected chi connectivity index (χ4v) is 4.06. The van der Waals surface area contributed by atoms with E-state index in [1.54, 1.807) is 0 Å². The molecule has 1 amide bonds. The van der Waals surface area contributed by atoms with Crippen LogP contribution in [-0.2, 0) is 11.2 Å². The van der Waals surface area contributed by atoms with Crippen molar-refractivity contribution in [3.05, 3.63) is 41.8 Å². The number of amides is 1. The summed E-state index contributed by atoms with van der Waals surface area (Å²) in [4.78, 5) is 19.5. The topological polar surface area (TPSA) is 70.4 Å². The van der Waals surface area contributed by atoms with Crippen LogP contribution in [0.5, 0.6) is 0 Å². The number of hydrogen-bond acceptors (Lipinski definition) is 5. The SMILES string of the molecule is Cc1oc(-c2ccccc2)nc1CC(=O)N[C@H]1CC[C@H]1NC1CCN(C)CC1. The van der Waals surface area contributed by atoms with Gasteiger partial charge in [0.05, 0.1) is 12.1 Å². The number of hydrogen-bond donors (Lipinski definition) is 2. The van der Waals surface area contributed by atoms with Crippen molar-refractivity contribution in [3.8, 4) is 11.5 Å². The van der Waals surface area contributed by atoms with Gasteiger partial charge in [-0.25, -0.2) is 4.98 Å². The van der Waals surface area contributed by atoms with E-state index in [1.807, 2.05) is 37.3 Å². The lowest BCUT2D eigenvalue weighted by Crippen LogP contribution is -2.60. The van der Waals surface area contributed by atoms with E-state index < -0.39 is 0 Å². The third-order valence-corrected chi connectivity index (χ3v) is 6.03. The third-order valence-electron chi connectivity index (χ3n) is 6.03. The predicted octanol–water partition coefficient (Wildman–Crippen LogP) is 2.52. The molecule has 2 aromatic rings. The lowest BCUT2D eigenvalue weighted by atomic mass is 9.85. The van der Waals surface area contributed by atoms with Gasteiger partial charge in [0.1, 0.15) is 5.76 Å². The largest absolute Gasteiger partial charge is 0.441 e. The van der Waals surface area contributed by atoms with Crippen LogP contribution in [0.2, 0.25) is 0 Å². The van der Waals surface area contributed by atoms with Crippen molar-refractivity contribution in [3.63, 3.8) is 0 Å². The van der Waals surface area contributed by atoms with Gasteiger partial charge in [-0.15, -0.1) is 0 Å². The number of nitrogens with one attached hydrogen (secondary N) is 2. The molecule has 1 saturated carbocycles. The van der Waals surface area contributed by atoms with E-state index in [0.29, 0.717) is 23.7 Å². The Balaban J connectivity index is 1.29. The molecular formula is C22H30N4O2. The van der Waals surface area contributed by atoms with E-state index in [9.17, 15) is 4.79 Å². The van der Waals surface area contributed by atoms with Gasteiger partial charge in [0.25, 0.3) is 0 Å². The second-order valence-electron chi connectivity index (χ2n) is 8.17. The molecule has 6 nitrogen and oxygen atoms in total. The van der Waals surface area contributed by atoms with Crippen LogP contribution in [0, 0.1) is 6.92 Å². The van der Waals surface area contributed by atoms with Gasteiger partial charge in [-0.3, -0.25) is 4.79 Å². The second-order valence-corrected chi connectivity index (χ2v) is 8.17. The third kappa shape index (κ3) is 4.45. The van der Waals surface area contributed by atoms with E-state index in [1.165, 1.54) is 12.8 Å². The monoisotopic (exact) mass is 382 g/mol. The Morgan fingerprint density at radius 3 is 2.54 bits per heavy atom. The van der Waals surface area contributed by atoms with Crippen LogP contribution in [0.4, 0.5) is 0 Å². The van der Waals surface area contributed by atoms with E-state index in [0.717, 1.165) is 37.2 Å². The molecule has 1 aliphatic heterocycles. The molecule has 2 N–H and O–H groups in total. The summed E-state index contributed by atoms with van der Waals surface area (Å²) in [6.45, 7) is 4.17. The van der Waals surface area contributed by atoms with Gasteiger partial charge in [0.2, 0.25) is 11.8 Å². The zero-order valence-corrected chi connectivity index (χ0v) is 16.8. The summed E-state index contributed by atoms with van der Waals surface area (Å²) in [5.74, 6) is 1.31. The molecule has 150 valence electrons. The smallest absolute Gasteiger partial charge is 0.226 e. The quantitative estimate of drug-likeness (QED) is 0.803. The van der Waals surface area contributed by atoms with Crippen LogP contribution < -0.4 is 10.6 Å². The highest BCUT2D eigenvalue weighted by molar-refractivity contribution is 5.79. The van der Waals surface area contributed by atoms with Crippen LogP contribution >= 0.6 is 0 Å². The average Bonchev–Trinajstić information content (AvgIpc) is 3.06. The Morgan fingerprint density at radius 1 is 1.14 bits per heavy atom. The maximum absolute atomic E-state index is 12.6. The van der Waals surface area contributed by atoms with Crippen LogP contribution in [0.25, 0.3) is 11.5 Å². The minimum Gasteiger partial charge on any atom is -0.441 e. The van der Waals surface area contributed by atoms with Gasteiger partial charge in [-0.2, -0.15) is 0 Å². The van der Waals surface area contributed by atoms with E-state index in [-0.39, 0.29) is 18.4 Å². The fourth-order valence-electron chi connectivity index (χ4n) is 4.06. The summed E-state index contributed by atoms with van der Waals surface area (Å²) in [5, 5.41) is 6.95. The normalized spacial score (nSPS) is 23.4. The van der Waals surface area contributed by atoms with E-state index in [2.05, 4.69) is 27.6 Å². The van der Waals surface area contributed by atoms with Crippen molar-refractivity contribution in [1.29, 1.82) is 0 Å². The zero-order valence-electron chi connectivity index (χ0n) is 16.8. The number of aromatic nitrogens is 1. The highest BCUT2D eigenvalue weighted by Gasteiger charge is 2.34. The zero-order chi connectivity index (χ0) is 19.5. The Bertz CT molecular complexity index is 796. The summed E-state index contributed by atoms with van der Waals surface area (Å²) in [7, 11) is 2.18. The molecule has 4 rings (SSSR count). The average molecular weight is 383 g/mol. The summed E-state index contributed by atoms with van der Waals surface area (Å²) in [6.07, 6.45) is 4.82. The minimum atomic E-state index is 0.0240. The lowest BCUT2D eigenvalue weighted by Gasteiger charge is -2.41. The molecular weight excluding hydrogens is 352 g/mol. The Hall–Kier alpha value is -2.18. The Morgan fingerprint density at radius 2 is 1.86 bits per heavy atom. The molecule has 1 saturated heterocycles. The van der Waals surface area contributed by atoms with E-state index in [4.69, 9.17) is 4.42 Å². The van der Waals surface area contributed by atoms with Crippen molar-refractivity contribution in [2.45, 2.75) is 57.2 Å². The first-order valence-corrected chi connectivity index (χ1v) is 10.3. The van der Waals surface area contributed by atoms with Gasteiger partial charge in [0, 0.05) is 23.7 Å². The first-order chi connectivity index (χ1) is 13.6.